The van der Waals surface area contributed by atoms with Crippen molar-refractivity contribution in [3.8, 4) is 5.75 Å². The van der Waals surface area contributed by atoms with Crippen LogP contribution in [0.5, 0.6) is 5.75 Å². The molecule has 6 nitrogen and oxygen atoms in total. The van der Waals surface area contributed by atoms with Gasteiger partial charge >= 0.3 is 6.01 Å². The van der Waals surface area contributed by atoms with E-state index in [1.807, 2.05) is 24.3 Å². The van der Waals surface area contributed by atoms with E-state index < -0.39 is 0 Å². The standard InChI is InChI=1S/C19H20FN3O3/c20-14-9-11-15(12-10-14)25-13-5-1-2-8-18(24)22-23-19-21-16-6-3-4-7-17(16)26-19/h3-4,6-7,9-12H,1-2,5,8,13H2,(H,21,23)(H,22,24). The van der Waals surface area contributed by atoms with Gasteiger partial charge in [-0.1, -0.05) is 12.1 Å². The third-order valence-electron chi connectivity index (χ3n) is 3.73. The maximum absolute atomic E-state index is 12.8. The molecule has 0 radical (unpaired) electrons. The van der Waals surface area contributed by atoms with Crippen molar-refractivity contribution in [2.24, 2.45) is 0 Å². The second-order valence-corrected chi connectivity index (χ2v) is 5.77. The Kier molecular flexibility index (Phi) is 6.03. The van der Waals surface area contributed by atoms with Gasteiger partial charge < -0.3 is 9.15 Å². The van der Waals surface area contributed by atoms with E-state index in [0.29, 0.717) is 24.4 Å². The van der Waals surface area contributed by atoms with Gasteiger partial charge in [0.25, 0.3) is 0 Å². The number of aromatic nitrogens is 1. The summed E-state index contributed by atoms with van der Waals surface area (Å²) in [5.41, 5.74) is 6.63. The summed E-state index contributed by atoms with van der Waals surface area (Å²) >= 11 is 0. The smallest absolute Gasteiger partial charge is 0.315 e. The van der Waals surface area contributed by atoms with E-state index in [4.69, 9.17) is 9.15 Å². The quantitative estimate of drug-likeness (QED) is 0.446. The van der Waals surface area contributed by atoms with Gasteiger partial charge in [-0.15, -0.1) is 0 Å². The summed E-state index contributed by atoms with van der Waals surface area (Å²) in [7, 11) is 0. The summed E-state index contributed by atoms with van der Waals surface area (Å²) in [5.74, 6) is 0.230. The van der Waals surface area contributed by atoms with Crippen molar-refractivity contribution in [2.45, 2.75) is 25.7 Å². The highest BCUT2D eigenvalue weighted by atomic mass is 19.1. The number of unbranched alkanes of at least 4 members (excludes halogenated alkanes) is 2. The minimum atomic E-state index is -0.283. The molecule has 0 aliphatic rings. The number of hydrogen-bond acceptors (Lipinski definition) is 5. The SMILES string of the molecule is O=C(CCCCCOc1ccc(F)cc1)NNc1nc2ccccc2o1. The van der Waals surface area contributed by atoms with Crippen molar-refractivity contribution in [3.63, 3.8) is 0 Å². The molecule has 26 heavy (non-hydrogen) atoms. The van der Waals surface area contributed by atoms with Crippen LogP contribution in [0.1, 0.15) is 25.7 Å². The largest absolute Gasteiger partial charge is 0.494 e. The van der Waals surface area contributed by atoms with E-state index in [-0.39, 0.29) is 17.7 Å². The monoisotopic (exact) mass is 357 g/mol. The number of rotatable bonds is 9. The molecule has 136 valence electrons. The van der Waals surface area contributed by atoms with E-state index in [1.54, 1.807) is 12.1 Å². The van der Waals surface area contributed by atoms with Crippen LogP contribution in [0.25, 0.3) is 11.1 Å². The third-order valence-corrected chi connectivity index (χ3v) is 3.73. The number of nitrogens with zero attached hydrogens (tertiary/aromatic N) is 1. The molecule has 0 unspecified atom stereocenters. The van der Waals surface area contributed by atoms with E-state index in [1.165, 1.54) is 12.1 Å². The molecule has 2 N–H and O–H groups in total. The second-order valence-electron chi connectivity index (χ2n) is 5.77. The Morgan fingerprint density at radius 3 is 2.69 bits per heavy atom. The Labute approximate surface area is 150 Å². The third kappa shape index (κ3) is 5.20. The molecule has 0 fully saturated rings. The van der Waals surface area contributed by atoms with E-state index >= 15 is 0 Å². The first-order chi connectivity index (χ1) is 12.7. The number of carbonyl (C=O) groups is 1. The normalized spacial score (nSPS) is 10.7. The topological polar surface area (TPSA) is 76.4 Å². The molecule has 1 amide bonds. The Morgan fingerprint density at radius 2 is 1.88 bits per heavy atom. The Hall–Kier alpha value is -3.09. The number of para-hydroxylation sites is 2. The van der Waals surface area contributed by atoms with Crippen LogP contribution < -0.4 is 15.6 Å². The Balaban J connectivity index is 1.27. The van der Waals surface area contributed by atoms with Crippen LogP contribution in [-0.4, -0.2) is 17.5 Å². The van der Waals surface area contributed by atoms with Crippen LogP contribution in [0.15, 0.2) is 52.9 Å². The lowest BCUT2D eigenvalue weighted by molar-refractivity contribution is -0.120. The van der Waals surface area contributed by atoms with Crippen LogP contribution in [-0.2, 0) is 4.79 Å². The molecule has 0 saturated carbocycles. The van der Waals surface area contributed by atoms with Crippen molar-refractivity contribution < 1.29 is 18.3 Å². The fourth-order valence-electron chi connectivity index (χ4n) is 2.40. The average Bonchev–Trinajstić information content (AvgIpc) is 3.07. The van der Waals surface area contributed by atoms with Gasteiger partial charge in [-0.05, 0) is 55.7 Å². The minimum Gasteiger partial charge on any atom is -0.494 e. The molecule has 0 aliphatic heterocycles. The van der Waals surface area contributed by atoms with E-state index in [2.05, 4.69) is 15.8 Å². The molecule has 1 aromatic heterocycles. The predicted octanol–water partition coefficient (Wildman–Crippen LogP) is 4.05. The molecule has 3 rings (SSSR count). The van der Waals surface area contributed by atoms with Crippen molar-refractivity contribution in [2.75, 3.05) is 12.0 Å². The first-order valence-corrected chi connectivity index (χ1v) is 8.49. The van der Waals surface area contributed by atoms with Gasteiger partial charge in [0.15, 0.2) is 5.58 Å². The van der Waals surface area contributed by atoms with E-state index in [0.717, 1.165) is 24.8 Å². The summed E-state index contributed by atoms with van der Waals surface area (Å²) in [5, 5.41) is 0. The molecule has 3 aromatic rings. The molecular formula is C19H20FN3O3. The number of hydrogen-bond donors (Lipinski definition) is 2. The lowest BCUT2D eigenvalue weighted by Crippen LogP contribution is -2.29. The molecule has 0 saturated heterocycles. The summed E-state index contributed by atoms with van der Waals surface area (Å²) in [6, 6.07) is 13.5. The highest BCUT2D eigenvalue weighted by molar-refractivity contribution is 5.78. The van der Waals surface area contributed by atoms with Crippen molar-refractivity contribution in [1.29, 1.82) is 0 Å². The number of ether oxygens (including phenoxy) is 1. The molecule has 0 spiro atoms. The van der Waals surface area contributed by atoms with Crippen molar-refractivity contribution in [3.05, 3.63) is 54.3 Å². The Morgan fingerprint density at radius 1 is 1.08 bits per heavy atom. The van der Waals surface area contributed by atoms with Crippen molar-refractivity contribution >= 4 is 23.0 Å². The number of hydrazine groups is 1. The molecule has 0 atom stereocenters. The number of oxazole rings is 1. The zero-order valence-corrected chi connectivity index (χ0v) is 14.2. The lowest BCUT2D eigenvalue weighted by Gasteiger charge is -2.06. The first-order valence-electron chi connectivity index (χ1n) is 8.49. The maximum atomic E-state index is 12.8. The average molecular weight is 357 g/mol. The fourth-order valence-corrected chi connectivity index (χ4v) is 2.40. The predicted molar refractivity (Wildman–Crippen MR) is 96.1 cm³/mol. The molecule has 7 heteroatoms. The van der Waals surface area contributed by atoms with Gasteiger partial charge in [-0.25, -0.2) is 4.39 Å². The number of carbonyl (C=O) groups excluding carboxylic acids is 1. The van der Waals surface area contributed by atoms with Crippen LogP contribution in [0.2, 0.25) is 0 Å². The molecule has 1 heterocycles. The number of anilines is 1. The summed E-state index contributed by atoms with van der Waals surface area (Å²) < 4.78 is 23.7. The van der Waals surface area contributed by atoms with Gasteiger partial charge in [0.2, 0.25) is 5.91 Å². The number of fused-ring (bicyclic) bond motifs is 1. The van der Waals surface area contributed by atoms with Gasteiger partial charge in [0.1, 0.15) is 17.1 Å². The van der Waals surface area contributed by atoms with Crippen LogP contribution in [0.4, 0.5) is 10.4 Å². The summed E-state index contributed by atoms with van der Waals surface area (Å²) in [6.07, 6.45) is 2.82. The highest BCUT2D eigenvalue weighted by Crippen LogP contribution is 2.17. The van der Waals surface area contributed by atoms with Gasteiger partial charge in [0, 0.05) is 6.42 Å². The zero-order valence-electron chi connectivity index (χ0n) is 14.2. The minimum absolute atomic E-state index is 0.133. The second kappa shape index (κ2) is 8.84. The van der Waals surface area contributed by atoms with Crippen LogP contribution in [0, 0.1) is 5.82 Å². The zero-order chi connectivity index (χ0) is 18.2. The van der Waals surface area contributed by atoms with Gasteiger partial charge in [-0.2, -0.15) is 4.98 Å². The molecule has 0 bridgehead atoms. The molecule has 0 aliphatic carbocycles. The number of benzene rings is 2. The summed E-state index contributed by atoms with van der Waals surface area (Å²) in [4.78, 5) is 16.0. The number of nitrogens with one attached hydrogen (secondary N) is 2. The number of halogens is 1. The first kappa shape index (κ1) is 17.7. The summed E-state index contributed by atoms with van der Waals surface area (Å²) in [6.45, 7) is 0.536. The lowest BCUT2D eigenvalue weighted by atomic mass is 10.2. The highest BCUT2D eigenvalue weighted by Gasteiger charge is 2.06. The Bertz CT molecular complexity index is 816. The molecular weight excluding hydrogens is 337 g/mol. The molecule has 2 aromatic carbocycles. The van der Waals surface area contributed by atoms with Gasteiger partial charge in [-0.3, -0.25) is 15.6 Å². The maximum Gasteiger partial charge on any atom is 0.315 e. The van der Waals surface area contributed by atoms with Crippen LogP contribution >= 0.6 is 0 Å². The fraction of sp³-hybridized carbons (Fsp3) is 0.263. The number of amides is 1. The van der Waals surface area contributed by atoms with Gasteiger partial charge in [0.05, 0.1) is 6.61 Å². The van der Waals surface area contributed by atoms with E-state index in [9.17, 15) is 9.18 Å². The van der Waals surface area contributed by atoms with Crippen molar-refractivity contribution in [1.82, 2.24) is 10.4 Å². The van der Waals surface area contributed by atoms with Crippen LogP contribution in [0.3, 0.4) is 0 Å².